The molecule has 0 heterocycles. The van der Waals surface area contributed by atoms with Crippen LogP contribution in [0.2, 0.25) is 0 Å². The summed E-state index contributed by atoms with van der Waals surface area (Å²) < 4.78 is 5.27. The van der Waals surface area contributed by atoms with Gasteiger partial charge in [-0.25, -0.2) is 0 Å². The lowest BCUT2D eigenvalue weighted by atomic mass is 10.1. The largest absolute Gasteiger partial charge is 0.496 e. The number of amides is 2. The summed E-state index contributed by atoms with van der Waals surface area (Å²) in [6.45, 7) is 4.34. The molecule has 0 spiro atoms. The zero-order chi connectivity index (χ0) is 18.2. The lowest BCUT2D eigenvalue weighted by Gasteiger charge is -2.12. The van der Waals surface area contributed by atoms with Crippen LogP contribution in [0.4, 0.5) is 0 Å². The van der Waals surface area contributed by atoms with E-state index in [9.17, 15) is 9.59 Å². The van der Waals surface area contributed by atoms with Gasteiger partial charge in [0.1, 0.15) is 5.75 Å². The number of ether oxygens (including phenoxy) is 1. The zero-order valence-electron chi connectivity index (χ0n) is 14.8. The average Bonchev–Trinajstić information content (AvgIpc) is 2.66. The van der Waals surface area contributed by atoms with Crippen molar-refractivity contribution in [2.45, 2.75) is 32.9 Å². The monoisotopic (exact) mass is 340 g/mol. The first-order chi connectivity index (χ1) is 12.0. The summed E-state index contributed by atoms with van der Waals surface area (Å²) in [6.07, 6.45) is 0.870. The van der Waals surface area contributed by atoms with Crippen LogP contribution >= 0.6 is 0 Å². The normalized spacial score (nSPS) is 11.5. The summed E-state index contributed by atoms with van der Waals surface area (Å²) in [6, 6.07) is 14.3. The Morgan fingerprint density at radius 1 is 1.00 bits per heavy atom. The summed E-state index contributed by atoms with van der Waals surface area (Å²) in [5.41, 5.74) is 1.96. The molecule has 2 aromatic carbocycles. The smallest absolute Gasteiger partial charge is 0.251 e. The Bertz CT molecular complexity index is 726. The Morgan fingerprint density at radius 2 is 1.60 bits per heavy atom. The molecule has 0 aliphatic heterocycles. The van der Waals surface area contributed by atoms with Gasteiger partial charge in [0.15, 0.2) is 0 Å². The molecule has 0 aliphatic rings. The molecule has 25 heavy (non-hydrogen) atoms. The zero-order valence-corrected chi connectivity index (χ0v) is 14.8. The van der Waals surface area contributed by atoms with Gasteiger partial charge in [0.05, 0.1) is 7.11 Å². The van der Waals surface area contributed by atoms with E-state index in [0.29, 0.717) is 17.7 Å². The van der Waals surface area contributed by atoms with Crippen LogP contribution in [0.15, 0.2) is 48.5 Å². The van der Waals surface area contributed by atoms with Crippen molar-refractivity contribution in [2.24, 2.45) is 0 Å². The Hall–Kier alpha value is -2.82. The van der Waals surface area contributed by atoms with Crippen LogP contribution in [-0.2, 0) is 6.54 Å². The van der Waals surface area contributed by atoms with Crippen LogP contribution in [0.5, 0.6) is 5.75 Å². The van der Waals surface area contributed by atoms with Crippen LogP contribution in [0, 0.1) is 0 Å². The maximum absolute atomic E-state index is 12.3. The highest BCUT2D eigenvalue weighted by Crippen LogP contribution is 2.17. The van der Waals surface area contributed by atoms with Crippen molar-refractivity contribution in [1.29, 1.82) is 0 Å². The van der Waals surface area contributed by atoms with Crippen molar-refractivity contribution in [1.82, 2.24) is 10.6 Å². The van der Waals surface area contributed by atoms with E-state index in [1.54, 1.807) is 31.4 Å². The Kier molecular flexibility index (Phi) is 6.57. The van der Waals surface area contributed by atoms with Crippen LogP contribution in [-0.4, -0.2) is 25.0 Å². The maximum Gasteiger partial charge on any atom is 0.251 e. The number of benzene rings is 2. The quantitative estimate of drug-likeness (QED) is 0.813. The van der Waals surface area contributed by atoms with Crippen molar-refractivity contribution >= 4 is 11.8 Å². The number of methoxy groups -OCH3 is 1. The number of hydrogen-bond donors (Lipinski definition) is 2. The SMILES string of the molecule is CCC(C)NC(=O)c1ccc(C(=O)NCc2ccccc2OC)cc1. The number of carbonyl (C=O) groups is 2. The number of para-hydroxylation sites is 1. The molecule has 0 bridgehead atoms. The van der Waals surface area contributed by atoms with Gasteiger partial charge in [0.25, 0.3) is 11.8 Å². The molecule has 132 valence electrons. The lowest BCUT2D eigenvalue weighted by Crippen LogP contribution is -2.32. The molecule has 5 nitrogen and oxygen atoms in total. The lowest BCUT2D eigenvalue weighted by molar-refractivity contribution is 0.0931. The molecule has 2 amide bonds. The second-order valence-corrected chi connectivity index (χ2v) is 5.85. The summed E-state index contributed by atoms with van der Waals surface area (Å²) in [4.78, 5) is 24.3. The Balaban J connectivity index is 1.97. The molecule has 2 rings (SSSR count). The fraction of sp³-hybridized carbons (Fsp3) is 0.300. The van der Waals surface area contributed by atoms with Gasteiger partial charge in [-0.15, -0.1) is 0 Å². The first-order valence-electron chi connectivity index (χ1n) is 8.36. The Morgan fingerprint density at radius 3 is 2.20 bits per heavy atom. The fourth-order valence-electron chi connectivity index (χ4n) is 2.31. The standard InChI is InChI=1S/C20H24N2O3/c1-4-14(2)22-20(24)16-11-9-15(10-12-16)19(23)21-13-17-7-5-6-8-18(17)25-3/h5-12,14H,4,13H2,1-3H3,(H,21,23)(H,22,24). The second-order valence-electron chi connectivity index (χ2n) is 5.85. The van der Waals surface area contributed by atoms with Crippen LogP contribution in [0.1, 0.15) is 46.5 Å². The average molecular weight is 340 g/mol. The highest BCUT2D eigenvalue weighted by atomic mass is 16.5. The Labute approximate surface area is 148 Å². The van der Waals surface area contributed by atoms with Crippen LogP contribution in [0.3, 0.4) is 0 Å². The third-order valence-corrected chi connectivity index (χ3v) is 4.03. The van der Waals surface area contributed by atoms with E-state index in [0.717, 1.165) is 17.7 Å². The molecule has 0 aromatic heterocycles. The van der Waals surface area contributed by atoms with Gasteiger partial charge in [-0.05, 0) is 43.7 Å². The minimum absolute atomic E-state index is 0.122. The predicted octanol–water partition coefficient (Wildman–Crippen LogP) is 3.15. The summed E-state index contributed by atoms with van der Waals surface area (Å²) >= 11 is 0. The van der Waals surface area contributed by atoms with Crippen LogP contribution in [0.25, 0.3) is 0 Å². The molecule has 2 N–H and O–H groups in total. The van der Waals surface area contributed by atoms with E-state index in [1.807, 2.05) is 38.1 Å². The number of hydrogen-bond acceptors (Lipinski definition) is 3. The van der Waals surface area contributed by atoms with E-state index in [-0.39, 0.29) is 17.9 Å². The van der Waals surface area contributed by atoms with Crippen molar-refractivity contribution < 1.29 is 14.3 Å². The maximum atomic E-state index is 12.3. The molecule has 1 atom stereocenters. The van der Waals surface area contributed by atoms with E-state index in [4.69, 9.17) is 4.74 Å². The van der Waals surface area contributed by atoms with Gasteiger partial charge < -0.3 is 15.4 Å². The minimum atomic E-state index is -0.195. The summed E-state index contributed by atoms with van der Waals surface area (Å²) in [5.74, 6) is 0.412. The highest BCUT2D eigenvalue weighted by molar-refractivity contribution is 5.97. The number of nitrogens with one attached hydrogen (secondary N) is 2. The molecule has 1 unspecified atom stereocenters. The fourth-order valence-corrected chi connectivity index (χ4v) is 2.31. The van der Waals surface area contributed by atoms with Gasteiger partial charge in [-0.2, -0.15) is 0 Å². The first kappa shape index (κ1) is 18.5. The van der Waals surface area contributed by atoms with Gasteiger partial charge in [-0.3, -0.25) is 9.59 Å². The predicted molar refractivity (Wildman–Crippen MR) is 97.8 cm³/mol. The third kappa shape index (κ3) is 5.08. The van der Waals surface area contributed by atoms with Gasteiger partial charge in [-0.1, -0.05) is 25.1 Å². The number of rotatable bonds is 7. The van der Waals surface area contributed by atoms with Gasteiger partial charge in [0, 0.05) is 29.3 Å². The highest BCUT2D eigenvalue weighted by Gasteiger charge is 2.11. The van der Waals surface area contributed by atoms with Crippen molar-refractivity contribution in [3.63, 3.8) is 0 Å². The first-order valence-corrected chi connectivity index (χ1v) is 8.36. The topological polar surface area (TPSA) is 67.4 Å². The summed E-state index contributed by atoms with van der Waals surface area (Å²) in [5, 5.41) is 5.76. The van der Waals surface area contributed by atoms with Gasteiger partial charge >= 0.3 is 0 Å². The molecule has 5 heteroatoms. The third-order valence-electron chi connectivity index (χ3n) is 4.03. The molecule has 0 saturated heterocycles. The van der Waals surface area contributed by atoms with E-state index < -0.39 is 0 Å². The van der Waals surface area contributed by atoms with E-state index in [1.165, 1.54) is 0 Å². The van der Waals surface area contributed by atoms with Crippen molar-refractivity contribution in [3.8, 4) is 5.75 Å². The minimum Gasteiger partial charge on any atom is -0.496 e. The van der Waals surface area contributed by atoms with Crippen molar-refractivity contribution in [2.75, 3.05) is 7.11 Å². The summed E-state index contributed by atoms with van der Waals surface area (Å²) in [7, 11) is 1.60. The second kappa shape index (κ2) is 8.87. The van der Waals surface area contributed by atoms with Gasteiger partial charge in [0.2, 0.25) is 0 Å². The number of carbonyl (C=O) groups excluding carboxylic acids is 2. The molecular formula is C20H24N2O3. The van der Waals surface area contributed by atoms with Crippen molar-refractivity contribution in [3.05, 3.63) is 65.2 Å². The molecule has 0 fully saturated rings. The molecular weight excluding hydrogens is 316 g/mol. The van der Waals surface area contributed by atoms with Crippen LogP contribution < -0.4 is 15.4 Å². The molecule has 2 aromatic rings. The molecule has 0 aliphatic carbocycles. The molecule has 0 radical (unpaired) electrons. The van der Waals surface area contributed by atoms with E-state index in [2.05, 4.69) is 10.6 Å². The molecule has 0 saturated carbocycles. The van der Waals surface area contributed by atoms with E-state index >= 15 is 0 Å².